The van der Waals surface area contributed by atoms with Crippen molar-refractivity contribution in [1.82, 2.24) is 0 Å². The molecule has 0 saturated carbocycles. The van der Waals surface area contributed by atoms with Gasteiger partial charge in [-0.25, -0.2) is 0 Å². The Hall–Kier alpha value is -1.57. The molecule has 0 fully saturated rings. The zero-order valence-electron chi connectivity index (χ0n) is 12.2. The summed E-state index contributed by atoms with van der Waals surface area (Å²) in [6.07, 6.45) is 5.70. The molecular weight excluding hydrogens is 236 g/mol. The van der Waals surface area contributed by atoms with Crippen molar-refractivity contribution in [2.24, 2.45) is 0 Å². The number of hydrogen-bond donors (Lipinski definition) is 0. The average molecular weight is 260 g/mol. The largest absolute Gasteiger partial charge is 0.493 e. The van der Waals surface area contributed by atoms with E-state index in [1.54, 1.807) is 6.92 Å². The summed E-state index contributed by atoms with van der Waals surface area (Å²) in [6.45, 7) is 6.64. The van der Waals surface area contributed by atoms with Gasteiger partial charge in [0.1, 0.15) is 11.5 Å². The van der Waals surface area contributed by atoms with Crippen LogP contribution in [0, 0.1) is 0 Å². The third-order valence-electron chi connectivity index (χ3n) is 3.13. The van der Waals surface area contributed by atoms with Crippen molar-refractivity contribution in [3.05, 3.63) is 41.5 Å². The van der Waals surface area contributed by atoms with Gasteiger partial charge in [-0.2, -0.15) is 0 Å². The Balaban J connectivity index is 2.34. The first-order valence-electron chi connectivity index (χ1n) is 6.98. The van der Waals surface area contributed by atoms with Gasteiger partial charge in [0, 0.05) is 6.42 Å². The van der Waals surface area contributed by atoms with Crippen LogP contribution in [-0.4, -0.2) is 12.4 Å². The predicted molar refractivity (Wildman–Crippen MR) is 79.6 cm³/mol. The Bertz CT molecular complexity index is 415. The standard InChI is InChI=1S/C17H24O2/c1-4-14(2)6-5-13-19-17-11-9-16(10-12-17)8-7-15(3)18/h6,9-12H,4-5,7-8,13H2,1-3H3. The second-order valence-corrected chi connectivity index (χ2v) is 4.89. The maximum atomic E-state index is 10.9. The quantitative estimate of drug-likeness (QED) is 0.513. The van der Waals surface area contributed by atoms with E-state index in [1.807, 2.05) is 24.3 Å². The molecule has 1 aromatic carbocycles. The molecule has 0 radical (unpaired) electrons. The summed E-state index contributed by atoms with van der Waals surface area (Å²) in [6, 6.07) is 8.02. The lowest BCUT2D eigenvalue weighted by molar-refractivity contribution is -0.116. The molecule has 19 heavy (non-hydrogen) atoms. The van der Waals surface area contributed by atoms with Crippen LogP contribution in [0.1, 0.15) is 45.6 Å². The predicted octanol–water partition coefficient (Wildman–Crippen LogP) is 4.33. The Kier molecular flexibility index (Phi) is 6.94. The normalized spacial score (nSPS) is 11.4. The highest BCUT2D eigenvalue weighted by atomic mass is 16.5. The van der Waals surface area contributed by atoms with Gasteiger partial charge in [0.05, 0.1) is 6.61 Å². The molecule has 2 heteroatoms. The van der Waals surface area contributed by atoms with Gasteiger partial charge in [-0.3, -0.25) is 0 Å². The molecule has 0 aliphatic heterocycles. The number of carbonyl (C=O) groups is 1. The maximum Gasteiger partial charge on any atom is 0.130 e. The number of ether oxygens (including phenoxy) is 1. The van der Waals surface area contributed by atoms with Gasteiger partial charge in [-0.05, 0) is 50.8 Å². The van der Waals surface area contributed by atoms with Crippen LogP contribution in [0.3, 0.4) is 0 Å². The number of aryl methyl sites for hydroxylation is 1. The van der Waals surface area contributed by atoms with Crippen molar-refractivity contribution in [2.75, 3.05) is 6.61 Å². The first-order chi connectivity index (χ1) is 9.11. The summed E-state index contributed by atoms with van der Waals surface area (Å²) in [5.74, 6) is 1.13. The van der Waals surface area contributed by atoms with Crippen molar-refractivity contribution >= 4 is 5.78 Å². The lowest BCUT2D eigenvalue weighted by atomic mass is 10.1. The number of hydrogen-bond acceptors (Lipinski definition) is 2. The summed E-state index contributed by atoms with van der Waals surface area (Å²) in [5, 5.41) is 0. The lowest BCUT2D eigenvalue weighted by Gasteiger charge is -2.06. The minimum Gasteiger partial charge on any atom is -0.493 e. The van der Waals surface area contributed by atoms with E-state index in [0.717, 1.165) is 25.0 Å². The van der Waals surface area contributed by atoms with Crippen LogP contribution in [-0.2, 0) is 11.2 Å². The fourth-order valence-corrected chi connectivity index (χ4v) is 1.70. The minimum atomic E-state index is 0.235. The summed E-state index contributed by atoms with van der Waals surface area (Å²) >= 11 is 0. The molecule has 0 saturated heterocycles. The monoisotopic (exact) mass is 260 g/mol. The molecule has 1 aromatic rings. The van der Waals surface area contributed by atoms with Gasteiger partial charge in [0.25, 0.3) is 0 Å². The molecule has 1 rings (SSSR count). The molecule has 0 heterocycles. The first-order valence-corrected chi connectivity index (χ1v) is 6.98. The molecule has 0 bridgehead atoms. The fraction of sp³-hybridized carbons (Fsp3) is 0.471. The van der Waals surface area contributed by atoms with Crippen LogP contribution in [0.2, 0.25) is 0 Å². The summed E-state index contributed by atoms with van der Waals surface area (Å²) in [5.41, 5.74) is 2.59. The molecule has 0 aliphatic rings. The Morgan fingerprint density at radius 3 is 2.47 bits per heavy atom. The van der Waals surface area contributed by atoms with Gasteiger partial charge in [0.15, 0.2) is 0 Å². The molecule has 0 aliphatic carbocycles. The van der Waals surface area contributed by atoms with Crippen LogP contribution in [0.4, 0.5) is 0 Å². The maximum absolute atomic E-state index is 10.9. The Morgan fingerprint density at radius 2 is 1.89 bits per heavy atom. The summed E-state index contributed by atoms with van der Waals surface area (Å²) < 4.78 is 5.67. The molecule has 104 valence electrons. The molecule has 0 N–H and O–H groups in total. The number of allylic oxidation sites excluding steroid dienone is 1. The number of ketones is 1. The molecule has 0 unspecified atom stereocenters. The fourth-order valence-electron chi connectivity index (χ4n) is 1.70. The van der Waals surface area contributed by atoms with E-state index < -0.39 is 0 Å². The van der Waals surface area contributed by atoms with E-state index in [2.05, 4.69) is 19.9 Å². The summed E-state index contributed by atoms with van der Waals surface area (Å²) in [7, 11) is 0. The topological polar surface area (TPSA) is 26.3 Å². The van der Waals surface area contributed by atoms with Crippen LogP contribution in [0.15, 0.2) is 35.9 Å². The second kappa shape index (κ2) is 8.52. The number of rotatable bonds is 8. The van der Waals surface area contributed by atoms with E-state index in [4.69, 9.17) is 4.74 Å². The highest BCUT2D eigenvalue weighted by Gasteiger charge is 1.98. The van der Waals surface area contributed by atoms with Crippen LogP contribution >= 0.6 is 0 Å². The van der Waals surface area contributed by atoms with E-state index in [1.165, 1.54) is 11.1 Å². The zero-order valence-corrected chi connectivity index (χ0v) is 12.2. The van der Waals surface area contributed by atoms with Crippen molar-refractivity contribution in [1.29, 1.82) is 0 Å². The second-order valence-electron chi connectivity index (χ2n) is 4.89. The van der Waals surface area contributed by atoms with Gasteiger partial charge >= 0.3 is 0 Å². The average Bonchev–Trinajstić information content (AvgIpc) is 2.42. The van der Waals surface area contributed by atoms with E-state index in [0.29, 0.717) is 13.0 Å². The SMILES string of the molecule is CCC(C)=CCCOc1ccc(CCC(C)=O)cc1. The van der Waals surface area contributed by atoms with Crippen molar-refractivity contribution in [2.45, 2.75) is 46.5 Å². The molecule has 0 spiro atoms. The highest BCUT2D eigenvalue weighted by Crippen LogP contribution is 2.14. The lowest BCUT2D eigenvalue weighted by Crippen LogP contribution is -1.97. The Labute approximate surface area is 116 Å². The van der Waals surface area contributed by atoms with Crippen LogP contribution < -0.4 is 4.74 Å². The van der Waals surface area contributed by atoms with Crippen LogP contribution in [0.25, 0.3) is 0 Å². The van der Waals surface area contributed by atoms with Gasteiger partial charge in [-0.15, -0.1) is 0 Å². The Morgan fingerprint density at radius 1 is 1.21 bits per heavy atom. The smallest absolute Gasteiger partial charge is 0.130 e. The van der Waals surface area contributed by atoms with Crippen molar-refractivity contribution in [3.63, 3.8) is 0 Å². The van der Waals surface area contributed by atoms with Gasteiger partial charge < -0.3 is 9.53 Å². The first kappa shape index (κ1) is 15.5. The third-order valence-corrected chi connectivity index (χ3v) is 3.13. The highest BCUT2D eigenvalue weighted by molar-refractivity contribution is 5.75. The van der Waals surface area contributed by atoms with E-state index in [9.17, 15) is 4.79 Å². The number of carbonyl (C=O) groups excluding carboxylic acids is 1. The molecule has 0 aromatic heterocycles. The molecule has 0 atom stereocenters. The van der Waals surface area contributed by atoms with Crippen LogP contribution in [0.5, 0.6) is 5.75 Å². The van der Waals surface area contributed by atoms with Crippen molar-refractivity contribution in [3.8, 4) is 5.75 Å². The molecule has 0 amide bonds. The van der Waals surface area contributed by atoms with Crippen molar-refractivity contribution < 1.29 is 9.53 Å². The third kappa shape index (κ3) is 6.80. The minimum absolute atomic E-state index is 0.235. The number of benzene rings is 1. The zero-order chi connectivity index (χ0) is 14.1. The molecule has 2 nitrogen and oxygen atoms in total. The molecular formula is C17H24O2. The summed E-state index contributed by atoms with van der Waals surface area (Å²) in [4.78, 5) is 10.9. The number of Topliss-reactive ketones (excluding diaryl/α,β-unsaturated/α-hetero) is 1. The van der Waals surface area contributed by atoms with E-state index >= 15 is 0 Å². The van der Waals surface area contributed by atoms with E-state index in [-0.39, 0.29) is 5.78 Å². The van der Waals surface area contributed by atoms with Gasteiger partial charge in [0.2, 0.25) is 0 Å². The van der Waals surface area contributed by atoms with Gasteiger partial charge in [-0.1, -0.05) is 30.7 Å².